The largest absolute Gasteiger partial charge is 0.464 e. The highest BCUT2D eigenvalue weighted by atomic mass is 16.5. The van der Waals surface area contributed by atoms with Gasteiger partial charge in [-0.2, -0.15) is 10.2 Å². The lowest BCUT2D eigenvalue weighted by molar-refractivity contribution is -0.117. The Morgan fingerprint density at radius 2 is 1.85 bits per heavy atom. The molecule has 0 bridgehead atoms. The molecular formula is C16H20N6O4. The van der Waals surface area contributed by atoms with Gasteiger partial charge in [-0.1, -0.05) is 0 Å². The van der Waals surface area contributed by atoms with E-state index in [2.05, 4.69) is 20.8 Å². The van der Waals surface area contributed by atoms with Crippen molar-refractivity contribution in [1.29, 1.82) is 0 Å². The van der Waals surface area contributed by atoms with Crippen molar-refractivity contribution in [3.63, 3.8) is 0 Å². The van der Waals surface area contributed by atoms with Gasteiger partial charge in [-0.3, -0.25) is 19.0 Å². The summed E-state index contributed by atoms with van der Waals surface area (Å²) in [7, 11) is 4.47. The van der Waals surface area contributed by atoms with Crippen LogP contribution in [0.25, 0.3) is 0 Å². The van der Waals surface area contributed by atoms with E-state index >= 15 is 0 Å². The summed E-state index contributed by atoms with van der Waals surface area (Å²) in [5.41, 5.74) is 0.979. The number of hydrogen-bond donors (Lipinski definition) is 2. The van der Waals surface area contributed by atoms with Crippen LogP contribution in [0.2, 0.25) is 0 Å². The summed E-state index contributed by atoms with van der Waals surface area (Å²) >= 11 is 0. The Labute approximate surface area is 149 Å². The number of aromatic nitrogens is 4. The number of esters is 1. The molecule has 1 fully saturated rings. The second kappa shape index (κ2) is 6.62. The average molecular weight is 360 g/mol. The summed E-state index contributed by atoms with van der Waals surface area (Å²) in [5, 5.41) is 13.7. The third-order valence-corrected chi connectivity index (χ3v) is 4.15. The lowest BCUT2D eigenvalue weighted by atomic mass is 10.2. The van der Waals surface area contributed by atoms with Crippen LogP contribution in [0.1, 0.15) is 39.5 Å². The Kier molecular flexibility index (Phi) is 4.49. The number of nitrogens with zero attached hydrogens (tertiary/aromatic N) is 4. The van der Waals surface area contributed by atoms with Crippen molar-refractivity contribution < 1.29 is 19.1 Å². The minimum Gasteiger partial charge on any atom is -0.464 e. The highest BCUT2D eigenvalue weighted by Gasteiger charge is 2.30. The molecule has 10 nitrogen and oxygen atoms in total. The summed E-state index contributed by atoms with van der Waals surface area (Å²) in [5.74, 6) is -0.724. The number of rotatable bonds is 5. The van der Waals surface area contributed by atoms with E-state index in [4.69, 9.17) is 4.74 Å². The van der Waals surface area contributed by atoms with Crippen LogP contribution < -0.4 is 10.6 Å². The van der Waals surface area contributed by atoms with Crippen LogP contribution in [0.15, 0.2) is 6.07 Å². The summed E-state index contributed by atoms with van der Waals surface area (Å²) in [6.45, 7) is 1.67. The van der Waals surface area contributed by atoms with Gasteiger partial charge in [0.2, 0.25) is 5.91 Å². The third-order valence-electron chi connectivity index (χ3n) is 4.15. The molecule has 0 radical (unpaired) electrons. The first-order chi connectivity index (χ1) is 12.3. The number of anilines is 2. The second-order valence-electron chi connectivity index (χ2n) is 6.18. The van der Waals surface area contributed by atoms with E-state index in [0.29, 0.717) is 11.5 Å². The molecule has 0 saturated heterocycles. The third kappa shape index (κ3) is 3.30. The van der Waals surface area contributed by atoms with Gasteiger partial charge in [-0.05, 0) is 19.8 Å². The highest BCUT2D eigenvalue weighted by Crippen LogP contribution is 2.30. The summed E-state index contributed by atoms with van der Waals surface area (Å²) in [6.07, 6.45) is 1.77. The second-order valence-corrected chi connectivity index (χ2v) is 6.18. The molecule has 0 unspecified atom stereocenters. The zero-order chi connectivity index (χ0) is 19.0. The van der Waals surface area contributed by atoms with E-state index in [1.165, 1.54) is 22.5 Å². The summed E-state index contributed by atoms with van der Waals surface area (Å²) < 4.78 is 7.50. The van der Waals surface area contributed by atoms with Crippen LogP contribution >= 0.6 is 0 Å². The van der Waals surface area contributed by atoms with E-state index in [9.17, 15) is 14.4 Å². The molecule has 0 aromatic carbocycles. The predicted octanol–water partition coefficient (Wildman–Crippen LogP) is 0.849. The fourth-order valence-electron chi connectivity index (χ4n) is 2.59. The van der Waals surface area contributed by atoms with Crippen molar-refractivity contribution in [3.8, 4) is 0 Å². The fourth-order valence-corrected chi connectivity index (χ4v) is 2.59. The SMILES string of the molecule is COC(=O)c1c(NC(=O)c2cc(NC(=O)C3CC3)n(C)n2)c(C)nn1C. The minimum absolute atomic E-state index is 0.0443. The number of amides is 2. The van der Waals surface area contributed by atoms with E-state index in [1.54, 1.807) is 21.0 Å². The van der Waals surface area contributed by atoms with Crippen LogP contribution in [0, 0.1) is 12.8 Å². The molecule has 138 valence electrons. The van der Waals surface area contributed by atoms with Gasteiger partial charge in [0.25, 0.3) is 5.91 Å². The van der Waals surface area contributed by atoms with Crippen LogP contribution in [0.3, 0.4) is 0 Å². The molecule has 1 aliphatic carbocycles. The van der Waals surface area contributed by atoms with Gasteiger partial charge in [0.05, 0.1) is 18.5 Å². The number of carbonyl (C=O) groups is 3. The maximum absolute atomic E-state index is 12.5. The van der Waals surface area contributed by atoms with Gasteiger partial charge < -0.3 is 15.4 Å². The lowest BCUT2D eigenvalue weighted by Gasteiger charge is -2.05. The molecule has 2 amide bonds. The molecule has 3 rings (SSSR count). The molecule has 26 heavy (non-hydrogen) atoms. The van der Waals surface area contributed by atoms with E-state index in [-0.39, 0.29) is 28.9 Å². The number of aryl methyl sites for hydroxylation is 3. The van der Waals surface area contributed by atoms with Gasteiger partial charge >= 0.3 is 5.97 Å². The Morgan fingerprint density at radius 1 is 1.15 bits per heavy atom. The van der Waals surface area contributed by atoms with Crippen molar-refractivity contribution in [2.75, 3.05) is 17.7 Å². The molecular weight excluding hydrogens is 340 g/mol. The molecule has 1 saturated carbocycles. The standard InChI is InChI=1S/C16H20N6O4/c1-8-12(13(16(25)26-4)22(3)19-8)18-15(24)10-7-11(21(2)20-10)17-14(23)9-5-6-9/h7,9H,5-6H2,1-4H3,(H,17,23)(H,18,24). The molecule has 2 N–H and O–H groups in total. The van der Waals surface area contributed by atoms with Crippen LogP contribution in [-0.2, 0) is 23.6 Å². The number of carbonyl (C=O) groups excluding carboxylic acids is 3. The zero-order valence-corrected chi connectivity index (χ0v) is 15.0. The molecule has 0 spiro atoms. The van der Waals surface area contributed by atoms with Gasteiger partial charge in [0.15, 0.2) is 11.4 Å². The van der Waals surface area contributed by atoms with Crippen molar-refractivity contribution in [1.82, 2.24) is 19.6 Å². The number of hydrogen-bond acceptors (Lipinski definition) is 6. The van der Waals surface area contributed by atoms with Crippen molar-refractivity contribution >= 4 is 29.3 Å². The Hall–Kier alpha value is -3.17. The first-order valence-corrected chi connectivity index (χ1v) is 8.10. The molecule has 10 heteroatoms. The van der Waals surface area contributed by atoms with Crippen LogP contribution in [0.5, 0.6) is 0 Å². The highest BCUT2D eigenvalue weighted by molar-refractivity contribution is 6.07. The zero-order valence-electron chi connectivity index (χ0n) is 15.0. The first-order valence-electron chi connectivity index (χ1n) is 8.10. The van der Waals surface area contributed by atoms with Gasteiger partial charge in [0.1, 0.15) is 5.82 Å². The summed E-state index contributed by atoms with van der Waals surface area (Å²) in [4.78, 5) is 36.4. The smallest absolute Gasteiger partial charge is 0.358 e. The average Bonchev–Trinajstić information content (AvgIpc) is 3.33. The molecule has 2 heterocycles. The molecule has 0 aliphatic heterocycles. The molecule has 2 aromatic rings. The minimum atomic E-state index is -0.609. The predicted molar refractivity (Wildman–Crippen MR) is 91.8 cm³/mol. The Balaban J connectivity index is 1.81. The van der Waals surface area contributed by atoms with Crippen molar-refractivity contribution in [3.05, 3.63) is 23.1 Å². The van der Waals surface area contributed by atoms with Crippen LogP contribution in [0.4, 0.5) is 11.5 Å². The summed E-state index contributed by atoms with van der Waals surface area (Å²) in [6, 6.07) is 1.49. The number of ether oxygens (including phenoxy) is 1. The quantitative estimate of drug-likeness (QED) is 0.763. The maximum atomic E-state index is 12.5. The number of nitrogens with one attached hydrogen (secondary N) is 2. The normalized spacial score (nSPS) is 13.4. The van der Waals surface area contributed by atoms with Gasteiger partial charge in [0, 0.05) is 26.1 Å². The monoisotopic (exact) mass is 360 g/mol. The lowest BCUT2D eigenvalue weighted by Crippen LogP contribution is -2.17. The maximum Gasteiger partial charge on any atom is 0.358 e. The van der Waals surface area contributed by atoms with Crippen molar-refractivity contribution in [2.24, 2.45) is 20.0 Å². The van der Waals surface area contributed by atoms with E-state index in [0.717, 1.165) is 12.8 Å². The Bertz CT molecular complexity index is 893. The molecule has 1 aliphatic rings. The molecule has 0 atom stereocenters. The van der Waals surface area contributed by atoms with Gasteiger partial charge in [-0.25, -0.2) is 4.79 Å². The molecule has 2 aromatic heterocycles. The number of methoxy groups -OCH3 is 1. The topological polar surface area (TPSA) is 120 Å². The van der Waals surface area contributed by atoms with E-state index in [1.807, 2.05) is 0 Å². The van der Waals surface area contributed by atoms with Gasteiger partial charge in [-0.15, -0.1) is 0 Å². The van der Waals surface area contributed by atoms with Crippen molar-refractivity contribution in [2.45, 2.75) is 19.8 Å². The first kappa shape index (κ1) is 17.6. The fraction of sp³-hybridized carbons (Fsp3) is 0.438. The van der Waals surface area contributed by atoms with Crippen LogP contribution in [-0.4, -0.2) is 44.5 Å². The van der Waals surface area contributed by atoms with E-state index < -0.39 is 11.9 Å². The Morgan fingerprint density at radius 3 is 2.46 bits per heavy atom.